The number of nitrogens with zero attached hydrogens (tertiary/aromatic N) is 1. The molecule has 0 fully saturated rings. The van der Waals surface area contributed by atoms with Crippen molar-refractivity contribution in [1.29, 1.82) is 0 Å². The van der Waals surface area contributed by atoms with E-state index in [1.807, 2.05) is 19.1 Å². The molecule has 0 spiro atoms. The first-order valence-electron chi connectivity index (χ1n) is 6.92. The second kappa shape index (κ2) is 6.86. The molecule has 1 aromatic carbocycles. The van der Waals surface area contributed by atoms with Crippen molar-refractivity contribution in [3.63, 3.8) is 0 Å². The van der Waals surface area contributed by atoms with Crippen molar-refractivity contribution in [2.24, 2.45) is 0 Å². The van der Waals surface area contributed by atoms with Gasteiger partial charge in [0, 0.05) is 0 Å². The lowest BCUT2D eigenvalue weighted by molar-refractivity contribution is 0.0994. The Morgan fingerprint density at radius 3 is 2.71 bits per heavy atom. The third kappa shape index (κ3) is 3.47. The molecule has 2 N–H and O–H groups in total. The fourth-order valence-corrected chi connectivity index (χ4v) is 2.94. The summed E-state index contributed by atoms with van der Waals surface area (Å²) in [5.74, 6) is -0.603. The highest BCUT2D eigenvalue weighted by atomic mass is 35.5. The number of hydrogen-bond acceptors (Lipinski definition) is 5. The lowest BCUT2D eigenvalue weighted by Crippen LogP contribution is -2.11. The maximum absolute atomic E-state index is 12.3. The molecule has 0 radical (unpaired) electrons. The van der Waals surface area contributed by atoms with Crippen LogP contribution >= 0.6 is 22.9 Å². The number of rotatable bonds is 4. The van der Waals surface area contributed by atoms with Crippen LogP contribution in [0.25, 0.3) is 0 Å². The molecule has 0 unspecified atom stereocenters. The molecule has 122 valence electrons. The van der Waals surface area contributed by atoms with Gasteiger partial charge in [0.05, 0.1) is 23.2 Å². The van der Waals surface area contributed by atoms with Crippen LogP contribution in [-0.2, 0) is 0 Å². The van der Waals surface area contributed by atoms with Crippen molar-refractivity contribution in [3.8, 4) is 0 Å². The van der Waals surface area contributed by atoms with Crippen LogP contribution in [0.15, 0.2) is 47.2 Å². The largest absolute Gasteiger partial charge is 0.459 e. The van der Waals surface area contributed by atoms with E-state index in [9.17, 15) is 9.59 Å². The standard InChI is InChI=1S/C16H12ClN3O3S/c1-9-4-2-5-10(17)13(9)19-15(22)12-8-18-16(24-12)20-14(21)11-6-3-7-23-11/h2-8H,1H3,(H,19,22)(H,18,20,21). The third-order valence-corrected chi connectivity index (χ3v) is 4.38. The van der Waals surface area contributed by atoms with E-state index in [0.717, 1.165) is 16.9 Å². The summed E-state index contributed by atoms with van der Waals surface area (Å²) in [7, 11) is 0. The zero-order valence-electron chi connectivity index (χ0n) is 12.5. The fourth-order valence-electron chi connectivity index (χ4n) is 1.97. The number of aromatic nitrogens is 1. The van der Waals surface area contributed by atoms with E-state index < -0.39 is 5.91 Å². The summed E-state index contributed by atoms with van der Waals surface area (Å²) < 4.78 is 5.00. The second-order valence-corrected chi connectivity index (χ2v) is 6.28. The zero-order valence-corrected chi connectivity index (χ0v) is 14.1. The Kier molecular flexibility index (Phi) is 4.64. The number of carbonyl (C=O) groups is 2. The van der Waals surface area contributed by atoms with E-state index in [0.29, 0.717) is 20.7 Å². The minimum Gasteiger partial charge on any atom is -0.459 e. The monoisotopic (exact) mass is 361 g/mol. The topological polar surface area (TPSA) is 84.2 Å². The molecule has 0 aliphatic rings. The van der Waals surface area contributed by atoms with E-state index in [2.05, 4.69) is 15.6 Å². The molecule has 0 aliphatic carbocycles. The normalized spacial score (nSPS) is 10.4. The molecule has 0 aliphatic heterocycles. The lowest BCUT2D eigenvalue weighted by atomic mass is 10.2. The van der Waals surface area contributed by atoms with E-state index >= 15 is 0 Å². The number of para-hydroxylation sites is 1. The number of aryl methyl sites for hydroxylation is 1. The Bertz CT molecular complexity index is 870. The predicted octanol–water partition coefficient (Wildman–Crippen LogP) is 4.20. The number of halogens is 1. The predicted molar refractivity (Wildman–Crippen MR) is 92.9 cm³/mol. The van der Waals surface area contributed by atoms with E-state index in [1.165, 1.54) is 18.5 Å². The van der Waals surface area contributed by atoms with E-state index in [-0.39, 0.29) is 11.7 Å². The number of benzene rings is 1. The molecule has 2 heterocycles. The summed E-state index contributed by atoms with van der Waals surface area (Å²) in [5, 5.41) is 6.09. The summed E-state index contributed by atoms with van der Waals surface area (Å²) >= 11 is 7.16. The Morgan fingerprint density at radius 1 is 1.17 bits per heavy atom. The van der Waals surface area contributed by atoms with E-state index in [1.54, 1.807) is 12.1 Å². The molecule has 3 aromatic rings. The minimum absolute atomic E-state index is 0.169. The van der Waals surface area contributed by atoms with Crippen LogP contribution in [0.3, 0.4) is 0 Å². The molecular formula is C16H12ClN3O3S. The number of amides is 2. The molecule has 0 atom stereocenters. The highest BCUT2D eigenvalue weighted by Gasteiger charge is 2.16. The van der Waals surface area contributed by atoms with Gasteiger partial charge in [-0.2, -0.15) is 0 Å². The fraction of sp³-hybridized carbons (Fsp3) is 0.0625. The van der Waals surface area contributed by atoms with Crippen LogP contribution < -0.4 is 10.6 Å². The maximum Gasteiger partial charge on any atom is 0.293 e. The summed E-state index contributed by atoms with van der Waals surface area (Å²) in [6.45, 7) is 1.85. The van der Waals surface area contributed by atoms with Gasteiger partial charge in [-0.1, -0.05) is 35.1 Å². The number of carbonyl (C=O) groups excluding carboxylic acids is 2. The van der Waals surface area contributed by atoms with Gasteiger partial charge in [-0.15, -0.1) is 0 Å². The molecule has 3 rings (SSSR count). The third-order valence-electron chi connectivity index (χ3n) is 3.16. The van der Waals surface area contributed by atoms with Gasteiger partial charge < -0.3 is 9.73 Å². The maximum atomic E-state index is 12.3. The van der Waals surface area contributed by atoms with E-state index in [4.69, 9.17) is 16.0 Å². The quantitative estimate of drug-likeness (QED) is 0.729. The first-order valence-corrected chi connectivity index (χ1v) is 8.11. The molecular weight excluding hydrogens is 350 g/mol. The molecule has 2 amide bonds. The van der Waals surface area contributed by atoms with Crippen LogP contribution in [0.5, 0.6) is 0 Å². The number of anilines is 2. The summed E-state index contributed by atoms with van der Waals surface area (Å²) in [6.07, 6.45) is 2.80. The van der Waals surface area contributed by atoms with Crippen LogP contribution in [0, 0.1) is 6.92 Å². The highest BCUT2D eigenvalue weighted by molar-refractivity contribution is 7.17. The average molecular weight is 362 g/mol. The van der Waals surface area contributed by atoms with Crippen molar-refractivity contribution in [2.45, 2.75) is 6.92 Å². The zero-order chi connectivity index (χ0) is 17.1. The van der Waals surface area contributed by atoms with Gasteiger partial charge in [-0.25, -0.2) is 4.98 Å². The first-order chi connectivity index (χ1) is 11.5. The minimum atomic E-state index is -0.428. The Hall–Kier alpha value is -2.64. The summed E-state index contributed by atoms with van der Waals surface area (Å²) in [5.41, 5.74) is 1.41. The van der Waals surface area contributed by atoms with Gasteiger partial charge >= 0.3 is 0 Å². The van der Waals surface area contributed by atoms with Crippen molar-refractivity contribution in [3.05, 3.63) is 64.0 Å². The van der Waals surface area contributed by atoms with Gasteiger partial charge in [0.25, 0.3) is 11.8 Å². The average Bonchev–Trinajstić information content (AvgIpc) is 3.22. The Labute approximate surface area is 146 Å². The molecule has 0 bridgehead atoms. The Morgan fingerprint density at radius 2 is 2.00 bits per heavy atom. The second-order valence-electron chi connectivity index (χ2n) is 4.85. The van der Waals surface area contributed by atoms with Gasteiger partial charge in [0.15, 0.2) is 10.9 Å². The lowest BCUT2D eigenvalue weighted by Gasteiger charge is -2.08. The number of furan rings is 1. The first kappa shape index (κ1) is 16.2. The summed E-state index contributed by atoms with van der Waals surface area (Å²) in [4.78, 5) is 28.6. The highest BCUT2D eigenvalue weighted by Crippen LogP contribution is 2.27. The van der Waals surface area contributed by atoms with Gasteiger partial charge in [0.2, 0.25) is 0 Å². The number of hydrogen-bond donors (Lipinski definition) is 2. The van der Waals surface area contributed by atoms with Crippen LogP contribution in [0.2, 0.25) is 5.02 Å². The van der Waals surface area contributed by atoms with Crippen LogP contribution in [-0.4, -0.2) is 16.8 Å². The smallest absolute Gasteiger partial charge is 0.293 e. The molecule has 2 aromatic heterocycles. The molecule has 8 heteroatoms. The SMILES string of the molecule is Cc1cccc(Cl)c1NC(=O)c1cnc(NC(=O)c2ccco2)s1. The number of thiazole rings is 1. The van der Waals surface area contributed by atoms with Gasteiger partial charge in [-0.05, 0) is 30.7 Å². The van der Waals surface area contributed by atoms with Gasteiger partial charge in [0.1, 0.15) is 4.88 Å². The van der Waals surface area contributed by atoms with Crippen molar-refractivity contribution in [2.75, 3.05) is 10.6 Å². The molecule has 6 nitrogen and oxygen atoms in total. The Balaban J connectivity index is 1.71. The molecule has 24 heavy (non-hydrogen) atoms. The van der Waals surface area contributed by atoms with Crippen LogP contribution in [0.1, 0.15) is 25.8 Å². The van der Waals surface area contributed by atoms with Crippen molar-refractivity contribution in [1.82, 2.24) is 4.98 Å². The van der Waals surface area contributed by atoms with Crippen molar-refractivity contribution < 1.29 is 14.0 Å². The number of nitrogens with one attached hydrogen (secondary N) is 2. The molecule has 0 saturated heterocycles. The van der Waals surface area contributed by atoms with Crippen LogP contribution in [0.4, 0.5) is 10.8 Å². The van der Waals surface area contributed by atoms with Crippen molar-refractivity contribution >= 4 is 45.6 Å². The van der Waals surface area contributed by atoms with Gasteiger partial charge in [-0.3, -0.25) is 14.9 Å². The molecule has 0 saturated carbocycles. The summed E-state index contributed by atoms with van der Waals surface area (Å²) in [6, 6.07) is 8.51.